The van der Waals surface area contributed by atoms with Crippen LogP contribution in [0.4, 0.5) is 5.69 Å². The molecule has 2 rings (SSSR count). The van der Waals surface area contributed by atoms with E-state index < -0.39 is 6.10 Å². The van der Waals surface area contributed by atoms with E-state index in [4.69, 9.17) is 9.47 Å². The number of aliphatic hydroxyl groups is 1. The lowest BCUT2D eigenvalue weighted by Gasteiger charge is -2.17. The summed E-state index contributed by atoms with van der Waals surface area (Å²) in [7, 11) is 3.10. The van der Waals surface area contributed by atoms with Gasteiger partial charge in [0, 0.05) is 24.7 Å². The molecule has 1 N–H and O–H groups in total. The van der Waals surface area contributed by atoms with Crippen molar-refractivity contribution in [2.75, 3.05) is 25.7 Å². The minimum atomic E-state index is -0.886. The van der Waals surface area contributed by atoms with Gasteiger partial charge < -0.3 is 19.5 Å². The molecule has 1 atom stereocenters. The average molecular weight is 237 g/mol. The fourth-order valence-electron chi connectivity index (χ4n) is 1.91. The van der Waals surface area contributed by atoms with Crippen molar-refractivity contribution in [2.24, 2.45) is 0 Å². The zero-order valence-electron chi connectivity index (χ0n) is 9.84. The van der Waals surface area contributed by atoms with Crippen LogP contribution in [-0.4, -0.2) is 37.9 Å². The molecule has 1 aromatic rings. The molecule has 92 valence electrons. The molecule has 0 saturated carbocycles. The highest BCUT2D eigenvalue weighted by atomic mass is 16.5. The predicted molar refractivity (Wildman–Crippen MR) is 62.5 cm³/mol. The lowest BCUT2D eigenvalue weighted by atomic mass is 10.2. The first-order chi connectivity index (χ1) is 8.17. The number of carbonyl (C=O) groups excluding carboxylic acids is 1. The molecule has 0 aromatic heterocycles. The number of benzene rings is 1. The molecule has 1 heterocycles. The van der Waals surface area contributed by atoms with Crippen LogP contribution in [0, 0.1) is 0 Å². The molecule has 1 aromatic carbocycles. The van der Waals surface area contributed by atoms with Crippen LogP contribution in [0.5, 0.6) is 11.5 Å². The molecule has 1 unspecified atom stereocenters. The van der Waals surface area contributed by atoms with Crippen molar-refractivity contribution in [2.45, 2.75) is 12.5 Å². The van der Waals surface area contributed by atoms with Gasteiger partial charge in [-0.05, 0) is 12.1 Å². The Morgan fingerprint density at radius 2 is 2.00 bits per heavy atom. The van der Waals surface area contributed by atoms with Crippen molar-refractivity contribution in [3.8, 4) is 11.5 Å². The molecule has 1 aliphatic rings. The lowest BCUT2D eigenvalue weighted by Crippen LogP contribution is -2.29. The van der Waals surface area contributed by atoms with Gasteiger partial charge in [-0.2, -0.15) is 0 Å². The third-order valence-corrected chi connectivity index (χ3v) is 2.86. The Hall–Kier alpha value is -1.75. The highest BCUT2D eigenvalue weighted by Gasteiger charge is 2.31. The molecule has 0 aliphatic carbocycles. The van der Waals surface area contributed by atoms with Crippen molar-refractivity contribution in [1.29, 1.82) is 0 Å². The third-order valence-electron chi connectivity index (χ3n) is 2.86. The van der Waals surface area contributed by atoms with Crippen molar-refractivity contribution < 1.29 is 19.4 Å². The van der Waals surface area contributed by atoms with E-state index in [1.54, 1.807) is 37.3 Å². The summed E-state index contributed by atoms with van der Waals surface area (Å²) in [6, 6.07) is 5.25. The fourth-order valence-corrected chi connectivity index (χ4v) is 1.91. The SMILES string of the molecule is COc1ccc(N2CCC(O)C2=O)cc1OC. The van der Waals surface area contributed by atoms with Crippen LogP contribution in [0.2, 0.25) is 0 Å². The Kier molecular flexibility index (Phi) is 3.19. The Bertz CT molecular complexity index is 433. The number of anilines is 1. The maximum atomic E-state index is 11.7. The second-order valence-corrected chi connectivity index (χ2v) is 3.83. The number of carbonyl (C=O) groups is 1. The third kappa shape index (κ3) is 2.06. The van der Waals surface area contributed by atoms with Gasteiger partial charge in [-0.3, -0.25) is 4.79 Å². The maximum Gasteiger partial charge on any atom is 0.255 e. The zero-order chi connectivity index (χ0) is 12.4. The van der Waals surface area contributed by atoms with Gasteiger partial charge in [-0.25, -0.2) is 0 Å². The van der Waals surface area contributed by atoms with E-state index in [9.17, 15) is 9.90 Å². The summed E-state index contributed by atoms with van der Waals surface area (Å²) in [6.07, 6.45) is -0.421. The van der Waals surface area contributed by atoms with Gasteiger partial charge in [0.15, 0.2) is 11.5 Å². The minimum Gasteiger partial charge on any atom is -0.493 e. The number of methoxy groups -OCH3 is 2. The second-order valence-electron chi connectivity index (χ2n) is 3.83. The largest absolute Gasteiger partial charge is 0.493 e. The van der Waals surface area contributed by atoms with Gasteiger partial charge in [-0.15, -0.1) is 0 Å². The number of nitrogens with zero attached hydrogens (tertiary/aromatic N) is 1. The van der Waals surface area contributed by atoms with E-state index in [1.807, 2.05) is 0 Å². The molecule has 0 bridgehead atoms. The summed E-state index contributed by atoms with van der Waals surface area (Å²) < 4.78 is 10.3. The fraction of sp³-hybridized carbons (Fsp3) is 0.417. The summed E-state index contributed by atoms with van der Waals surface area (Å²) in [5, 5.41) is 9.41. The molecule has 5 heteroatoms. The summed E-state index contributed by atoms with van der Waals surface area (Å²) >= 11 is 0. The van der Waals surface area contributed by atoms with E-state index in [-0.39, 0.29) is 5.91 Å². The van der Waals surface area contributed by atoms with Crippen molar-refractivity contribution in [3.05, 3.63) is 18.2 Å². The van der Waals surface area contributed by atoms with Crippen LogP contribution in [0.15, 0.2) is 18.2 Å². The molecule has 1 saturated heterocycles. The minimum absolute atomic E-state index is 0.266. The van der Waals surface area contributed by atoms with E-state index in [2.05, 4.69) is 0 Å². The van der Waals surface area contributed by atoms with E-state index in [1.165, 1.54) is 0 Å². The molecule has 1 fully saturated rings. The monoisotopic (exact) mass is 237 g/mol. The smallest absolute Gasteiger partial charge is 0.255 e. The average Bonchev–Trinajstić information content (AvgIpc) is 2.69. The van der Waals surface area contributed by atoms with E-state index in [0.717, 1.165) is 0 Å². The van der Waals surface area contributed by atoms with E-state index >= 15 is 0 Å². The number of hydrogen-bond donors (Lipinski definition) is 1. The molecule has 1 amide bonds. The summed E-state index contributed by atoms with van der Waals surface area (Å²) in [6.45, 7) is 0.523. The topological polar surface area (TPSA) is 59.0 Å². The standard InChI is InChI=1S/C12H15NO4/c1-16-10-4-3-8(7-11(10)17-2)13-6-5-9(14)12(13)15/h3-4,7,9,14H,5-6H2,1-2H3. The van der Waals surface area contributed by atoms with Crippen molar-refractivity contribution in [1.82, 2.24) is 0 Å². The van der Waals surface area contributed by atoms with Gasteiger partial charge in [0.1, 0.15) is 6.10 Å². The van der Waals surface area contributed by atoms with Gasteiger partial charge >= 0.3 is 0 Å². The van der Waals surface area contributed by atoms with Crippen molar-refractivity contribution >= 4 is 11.6 Å². The Balaban J connectivity index is 2.31. The molecular weight excluding hydrogens is 222 g/mol. The molecule has 5 nitrogen and oxygen atoms in total. The highest BCUT2D eigenvalue weighted by Crippen LogP contribution is 2.33. The number of ether oxygens (including phenoxy) is 2. The molecular formula is C12H15NO4. The first-order valence-electron chi connectivity index (χ1n) is 5.39. The summed E-state index contributed by atoms with van der Waals surface area (Å²) in [5.41, 5.74) is 0.712. The quantitative estimate of drug-likeness (QED) is 0.844. The Morgan fingerprint density at radius 3 is 2.53 bits per heavy atom. The van der Waals surface area contributed by atoms with Gasteiger partial charge in [0.05, 0.1) is 14.2 Å². The zero-order valence-corrected chi connectivity index (χ0v) is 9.84. The molecule has 0 radical (unpaired) electrons. The first-order valence-corrected chi connectivity index (χ1v) is 5.39. The van der Waals surface area contributed by atoms with Crippen LogP contribution in [0.3, 0.4) is 0 Å². The number of aliphatic hydroxyl groups excluding tert-OH is 1. The van der Waals surface area contributed by atoms with Gasteiger partial charge in [-0.1, -0.05) is 0 Å². The van der Waals surface area contributed by atoms with Crippen molar-refractivity contribution in [3.63, 3.8) is 0 Å². The molecule has 0 spiro atoms. The molecule has 17 heavy (non-hydrogen) atoms. The highest BCUT2D eigenvalue weighted by molar-refractivity contribution is 5.98. The number of hydrogen-bond acceptors (Lipinski definition) is 4. The van der Waals surface area contributed by atoms with Crippen LogP contribution < -0.4 is 14.4 Å². The number of amides is 1. The van der Waals surface area contributed by atoms with Crippen LogP contribution in [0.25, 0.3) is 0 Å². The number of rotatable bonds is 3. The summed E-state index contributed by atoms with van der Waals surface area (Å²) in [4.78, 5) is 13.2. The summed E-state index contributed by atoms with van der Waals surface area (Å²) in [5.74, 6) is 0.917. The predicted octanol–water partition coefficient (Wildman–Crippen LogP) is 0.801. The maximum absolute atomic E-state index is 11.7. The van der Waals surface area contributed by atoms with Gasteiger partial charge in [0.25, 0.3) is 5.91 Å². The van der Waals surface area contributed by atoms with Gasteiger partial charge in [0.2, 0.25) is 0 Å². The van der Waals surface area contributed by atoms with Crippen LogP contribution >= 0.6 is 0 Å². The first kappa shape index (κ1) is 11.7. The Labute approximate surface area is 99.6 Å². The van der Waals surface area contributed by atoms with Crippen LogP contribution in [-0.2, 0) is 4.79 Å². The molecule has 1 aliphatic heterocycles. The normalized spacial score (nSPS) is 19.6. The lowest BCUT2D eigenvalue weighted by molar-refractivity contribution is -0.123. The Morgan fingerprint density at radius 1 is 1.29 bits per heavy atom. The second kappa shape index (κ2) is 4.63. The van der Waals surface area contributed by atoms with Crippen LogP contribution in [0.1, 0.15) is 6.42 Å². The van der Waals surface area contributed by atoms with E-state index in [0.29, 0.717) is 30.2 Å².